The molecule has 126 valence electrons. The van der Waals surface area contributed by atoms with Crippen molar-refractivity contribution >= 4 is 23.1 Å². The fraction of sp³-hybridized carbons (Fsp3) is 0.200. The Balaban J connectivity index is 1.72. The van der Waals surface area contributed by atoms with Crippen molar-refractivity contribution < 1.29 is 0 Å². The lowest BCUT2D eigenvalue weighted by atomic mass is 10.1. The van der Waals surface area contributed by atoms with Crippen molar-refractivity contribution in [3.63, 3.8) is 0 Å². The highest BCUT2D eigenvalue weighted by molar-refractivity contribution is 7.07. The maximum Gasteiger partial charge on any atom is 0.271 e. The second-order valence-corrected chi connectivity index (χ2v) is 7.30. The van der Waals surface area contributed by atoms with Gasteiger partial charge in [-0.3, -0.25) is 9.36 Å². The highest BCUT2D eigenvalue weighted by Gasteiger charge is 2.16. The summed E-state index contributed by atoms with van der Waals surface area (Å²) in [6.07, 6.45) is 1.94. The van der Waals surface area contributed by atoms with Gasteiger partial charge in [-0.15, -0.1) is 0 Å². The van der Waals surface area contributed by atoms with Crippen LogP contribution in [0.4, 0.5) is 5.69 Å². The molecule has 1 aliphatic rings. The molecule has 5 heteroatoms. The molecule has 1 aliphatic heterocycles. The van der Waals surface area contributed by atoms with E-state index in [-0.39, 0.29) is 5.56 Å². The van der Waals surface area contributed by atoms with Crippen LogP contribution in [0.25, 0.3) is 6.08 Å². The highest BCUT2D eigenvalue weighted by atomic mass is 32.1. The van der Waals surface area contributed by atoms with Crippen molar-refractivity contribution in [1.82, 2.24) is 4.57 Å². The third-order valence-electron chi connectivity index (χ3n) is 4.53. The van der Waals surface area contributed by atoms with E-state index in [0.29, 0.717) is 13.3 Å². The fourth-order valence-electron chi connectivity index (χ4n) is 2.90. The van der Waals surface area contributed by atoms with Crippen molar-refractivity contribution in [2.24, 2.45) is 4.99 Å². The Morgan fingerprint density at radius 1 is 1.08 bits per heavy atom. The van der Waals surface area contributed by atoms with Gasteiger partial charge in [0.2, 0.25) is 0 Å². The maximum absolute atomic E-state index is 12.8. The Morgan fingerprint density at radius 3 is 2.64 bits per heavy atom. The minimum atomic E-state index is 0.0288. The summed E-state index contributed by atoms with van der Waals surface area (Å²) in [7, 11) is 0. The lowest BCUT2D eigenvalue weighted by Gasteiger charge is -2.26. The number of benzene rings is 2. The molecule has 4 rings (SSSR count). The molecule has 2 heterocycles. The number of aryl methyl sites for hydroxylation is 2. The average Bonchev–Trinajstić information content (AvgIpc) is 2.94. The minimum Gasteiger partial charge on any atom is -0.334 e. The van der Waals surface area contributed by atoms with E-state index in [4.69, 9.17) is 0 Å². The second kappa shape index (κ2) is 6.33. The van der Waals surface area contributed by atoms with E-state index in [9.17, 15) is 4.79 Å². The molecule has 0 saturated carbocycles. The Kier molecular flexibility index (Phi) is 4.01. The molecule has 0 amide bonds. The molecule has 1 aromatic heterocycles. The predicted molar refractivity (Wildman–Crippen MR) is 103 cm³/mol. The quantitative estimate of drug-likeness (QED) is 0.713. The van der Waals surface area contributed by atoms with Gasteiger partial charge in [-0.2, -0.15) is 0 Å². The van der Waals surface area contributed by atoms with Crippen LogP contribution in [0.2, 0.25) is 0 Å². The number of fused-ring (bicyclic) bond motifs is 1. The molecule has 0 unspecified atom stereocenters. The first-order valence-electron chi connectivity index (χ1n) is 8.25. The van der Waals surface area contributed by atoms with Crippen molar-refractivity contribution in [2.75, 3.05) is 11.6 Å². The molecule has 0 fully saturated rings. The van der Waals surface area contributed by atoms with E-state index >= 15 is 0 Å². The zero-order valence-electron chi connectivity index (χ0n) is 14.3. The molecule has 0 N–H and O–H groups in total. The van der Waals surface area contributed by atoms with Crippen LogP contribution >= 0.6 is 11.3 Å². The number of aromatic nitrogens is 1. The summed E-state index contributed by atoms with van der Waals surface area (Å²) in [4.78, 5) is 20.3. The molecule has 25 heavy (non-hydrogen) atoms. The van der Waals surface area contributed by atoms with Crippen molar-refractivity contribution in [1.29, 1.82) is 0 Å². The summed E-state index contributed by atoms with van der Waals surface area (Å²) in [5, 5.41) is 0. The molecular formula is C20H19N3OS. The standard InChI is InChI=1S/C20H19N3OS/c1-14-8-9-17(10-15(14)2)22-12-21-20-23(13-22)19(24)18(25-20)11-16-6-4-3-5-7-16/h3-11H,12-13H2,1-2H3. The summed E-state index contributed by atoms with van der Waals surface area (Å²) < 4.78 is 2.49. The highest BCUT2D eigenvalue weighted by Crippen LogP contribution is 2.19. The van der Waals surface area contributed by atoms with Gasteiger partial charge < -0.3 is 4.90 Å². The van der Waals surface area contributed by atoms with Crippen LogP contribution in [0.1, 0.15) is 16.7 Å². The second-order valence-electron chi connectivity index (χ2n) is 6.29. The van der Waals surface area contributed by atoms with Gasteiger partial charge in [-0.25, -0.2) is 4.99 Å². The number of anilines is 1. The molecular weight excluding hydrogens is 330 g/mol. The Labute approximate surface area is 150 Å². The van der Waals surface area contributed by atoms with E-state index in [0.717, 1.165) is 20.6 Å². The summed E-state index contributed by atoms with van der Waals surface area (Å²) in [6.45, 7) is 5.33. The van der Waals surface area contributed by atoms with Crippen LogP contribution in [0.15, 0.2) is 58.3 Å². The summed E-state index contributed by atoms with van der Waals surface area (Å²) in [6, 6.07) is 16.3. The van der Waals surface area contributed by atoms with Crippen LogP contribution in [-0.2, 0) is 6.67 Å². The molecule has 0 aliphatic carbocycles. The van der Waals surface area contributed by atoms with Gasteiger partial charge in [0.15, 0.2) is 4.80 Å². The number of thiazole rings is 1. The number of rotatable bonds is 2. The normalized spacial score (nSPS) is 14.3. The summed E-state index contributed by atoms with van der Waals surface area (Å²) in [5.41, 5.74) is 4.68. The molecule has 0 radical (unpaired) electrons. The van der Waals surface area contributed by atoms with Gasteiger partial charge in [0.25, 0.3) is 5.56 Å². The minimum absolute atomic E-state index is 0.0288. The first kappa shape index (κ1) is 15.8. The van der Waals surface area contributed by atoms with Crippen LogP contribution in [-0.4, -0.2) is 11.2 Å². The van der Waals surface area contributed by atoms with Gasteiger partial charge in [0.1, 0.15) is 13.3 Å². The Hall–Kier alpha value is -2.66. The first-order chi connectivity index (χ1) is 12.1. The molecule has 4 nitrogen and oxygen atoms in total. The number of nitrogens with zero attached hydrogens (tertiary/aromatic N) is 3. The molecule has 0 spiro atoms. The Morgan fingerprint density at radius 2 is 1.88 bits per heavy atom. The predicted octanol–water partition coefficient (Wildman–Crippen LogP) is 2.41. The average molecular weight is 349 g/mol. The monoisotopic (exact) mass is 349 g/mol. The van der Waals surface area contributed by atoms with Crippen molar-refractivity contribution in [2.45, 2.75) is 20.5 Å². The van der Waals surface area contributed by atoms with Gasteiger partial charge in [-0.05, 0) is 48.7 Å². The smallest absolute Gasteiger partial charge is 0.271 e. The fourth-order valence-corrected chi connectivity index (χ4v) is 3.86. The molecule has 3 aromatic rings. The zero-order valence-corrected chi connectivity index (χ0v) is 15.1. The Bertz CT molecular complexity index is 1100. The van der Waals surface area contributed by atoms with Crippen molar-refractivity contribution in [3.8, 4) is 0 Å². The SMILES string of the molecule is Cc1ccc(N2CN=c3sc(=Cc4ccccc4)c(=O)n3C2)cc1C. The molecule has 2 aromatic carbocycles. The maximum atomic E-state index is 12.8. The zero-order chi connectivity index (χ0) is 17.4. The number of hydrogen-bond donors (Lipinski definition) is 0. The van der Waals surface area contributed by atoms with Crippen LogP contribution < -0.4 is 19.8 Å². The summed E-state index contributed by atoms with van der Waals surface area (Å²) in [5.74, 6) is 0. The van der Waals surface area contributed by atoms with Gasteiger partial charge in [0, 0.05) is 5.69 Å². The van der Waals surface area contributed by atoms with Crippen LogP contribution in [0.3, 0.4) is 0 Å². The lowest BCUT2D eigenvalue weighted by molar-refractivity contribution is 0.569. The van der Waals surface area contributed by atoms with E-state index in [1.807, 2.05) is 36.4 Å². The van der Waals surface area contributed by atoms with Gasteiger partial charge in [0.05, 0.1) is 4.53 Å². The van der Waals surface area contributed by atoms with E-state index in [1.54, 1.807) is 4.57 Å². The largest absolute Gasteiger partial charge is 0.334 e. The van der Waals surface area contributed by atoms with Crippen molar-refractivity contribution in [3.05, 3.63) is 84.9 Å². The van der Waals surface area contributed by atoms with Crippen LogP contribution in [0, 0.1) is 13.8 Å². The first-order valence-corrected chi connectivity index (χ1v) is 9.06. The number of hydrogen-bond acceptors (Lipinski definition) is 4. The summed E-state index contributed by atoms with van der Waals surface area (Å²) >= 11 is 1.46. The van der Waals surface area contributed by atoms with Crippen LogP contribution in [0.5, 0.6) is 0 Å². The van der Waals surface area contributed by atoms with Gasteiger partial charge in [-0.1, -0.05) is 47.7 Å². The molecule has 0 atom stereocenters. The third kappa shape index (κ3) is 3.03. The van der Waals surface area contributed by atoms with E-state index in [2.05, 4.69) is 41.9 Å². The van der Waals surface area contributed by atoms with E-state index < -0.39 is 0 Å². The molecule has 0 bridgehead atoms. The third-order valence-corrected chi connectivity index (χ3v) is 5.57. The molecule has 0 saturated heterocycles. The lowest BCUT2D eigenvalue weighted by Crippen LogP contribution is -2.42. The van der Waals surface area contributed by atoms with E-state index in [1.165, 1.54) is 22.5 Å². The topological polar surface area (TPSA) is 37.6 Å². The van der Waals surface area contributed by atoms with Gasteiger partial charge >= 0.3 is 0 Å².